The van der Waals surface area contributed by atoms with E-state index in [4.69, 9.17) is 14.2 Å². The van der Waals surface area contributed by atoms with Crippen LogP contribution < -0.4 is 10.6 Å². The third kappa shape index (κ3) is 10.9. The third-order valence-electron chi connectivity index (χ3n) is 3.75. The van der Waals surface area contributed by atoms with Gasteiger partial charge in [0, 0.05) is 33.9 Å². The molecule has 1 rings (SSSR count). The van der Waals surface area contributed by atoms with Crippen LogP contribution in [-0.2, 0) is 27.4 Å². The number of nitrogens with one attached hydrogen (secondary N) is 2. The second-order valence-electron chi connectivity index (χ2n) is 6.31. The molecule has 0 aromatic heterocycles. The van der Waals surface area contributed by atoms with Gasteiger partial charge in [-0.25, -0.2) is 0 Å². The van der Waals surface area contributed by atoms with Gasteiger partial charge in [0.25, 0.3) is 0 Å². The zero-order valence-corrected chi connectivity index (χ0v) is 19.0. The van der Waals surface area contributed by atoms with Crippen LogP contribution in [0.15, 0.2) is 29.3 Å². The van der Waals surface area contributed by atoms with Crippen molar-refractivity contribution in [3.8, 4) is 0 Å². The normalized spacial score (nSPS) is 11.8. The molecule has 0 fully saturated rings. The minimum Gasteiger partial charge on any atom is -0.379 e. The number of methoxy groups -OCH3 is 1. The number of hydrogen-bond donors (Lipinski definition) is 2. The predicted octanol–water partition coefficient (Wildman–Crippen LogP) is 2.95. The molecule has 1 aromatic rings. The standard InChI is InChI=1S/C19H33N3O3.HI/c1-6-24-10-11-25-14-17-9-7-8-16(12-17)13-21-18(20-4)22-15-19(2,3)23-5;/h7-9,12H,6,10-11,13-15H2,1-5H3,(H2,20,21,22);1H. The van der Waals surface area contributed by atoms with Gasteiger partial charge in [-0.2, -0.15) is 0 Å². The highest BCUT2D eigenvalue weighted by atomic mass is 127. The Hall–Kier alpha value is -0.900. The second-order valence-corrected chi connectivity index (χ2v) is 6.31. The Balaban J connectivity index is 0.00000625. The van der Waals surface area contributed by atoms with Crippen molar-refractivity contribution in [1.82, 2.24) is 10.6 Å². The fourth-order valence-electron chi connectivity index (χ4n) is 2.06. The highest BCUT2D eigenvalue weighted by Gasteiger charge is 2.16. The lowest BCUT2D eigenvalue weighted by molar-refractivity contribution is 0.0268. The van der Waals surface area contributed by atoms with Crippen LogP contribution in [0, 0.1) is 0 Å². The topological polar surface area (TPSA) is 64.1 Å². The molecule has 7 heteroatoms. The number of hydrogen-bond acceptors (Lipinski definition) is 4. The molecular formula is C19H34IN3O3. The summed E-state index contributed by atoms with van der Waals surface area (Å²) in [4.78, 5) is 4.24. The van der Waals surface area contributed by atoms with Gasteiger partial charge in [-0.3, -0.25) is 4.99 Å². The van der Waals surface area contributed by atoms with Gasteiger partial charge in [0.1, 0.15) is 0 Å². The molecule has 0 bridgehead atoms. The number of nitrogens with zero attached hydrogens (tertiary/aromatic N) is 1. The van der Waals surface area contributed by atoms with Crippen LogP contribution in [-0.4, -0.2) is 52.1 Å². The average molecular weight is 479 g/mol. The van der Waals surface area contributed by atoms with Crippen molar-refractivity contribution >= 4 is 29.9 Å². The van der Waals surface area contributed by atoms with E-state index in [9.17, 15) is 0 Å². The summed E-state index contributed by atoms with van der Waals surface area (Å²) in [5.74, 6) is 0.753. The van der Waals surface area contributed by atoms with E-state index in [0.29, 0.717) is 32.9 Å². The van der Waals surface area contributed by atoms with Crippen LogP contribution in [0.25, 0.3) is 0 Å². The summed E-state index contributed by atoms with van der Waals surface area (Å²) in [5.41, 5.74) is 2.09. The summed E-state index contributed by atoms with van der Waals surface area (Å²) in [6.07, 6.45) is 0. The molecule has 2 N–H and O–H groups in total. The van der Waals surface area contributed by atoms with Crippen LogP contribution in [0.3, 0.4) is 0 Å². The molecule has 0 heterocycles. The summed E-state index contributed by atoms with van der Waals surface area (Å²) in [7, 11) is 3.47. The first-order valence-electron chi connectivity index (χ1n) is 8.73. The SMILES string of the molecule is CCOCCOCc1cccc(CNC(=NC)NCC(C)(C)OC)c1.I. The highest BCUT2D eigenvalue weighted by molar-refractivity contribution is 14.0. The fourth-order valence-corrected chi connectivity index (χ4v) is 2.06. The molecule has 1 aromatic carbocycles. The Morgan fingerprint density at radius 2 is 1.81 bits per heavy atom. The molecule has 26 heavy (non-hydrogen) atoms. The largest absolute Gasteiger partial charge is 0.379 e. The van der Waals surface area contributed by atoms with Gasteiger partial charge in [0.2, 0.25) is 0 Å². The van der Waals surface area contributed by atoms with E-state index in [1.807, 2.05) is 26.8 Å². The monoisotopic (exact) mass is 479 g/mol. The van der Waals surface area contributed by atoms with Gasteiger partial charge in [-0.15, -0.1) is 24.0 Å². The van der Waals surface area contributed by atoms with Crippen molar-refractivity contribution in [2.75, 3.05) is 40.5 Å². The molecule has 0 unspecified atom stereocenters. The van der Waals surface area contributed by atoms with Crippen LogP contribution in [0.1, 0.15) is 31.9 Å². The minimum atomic E-state index is -0.240. The lowest BCUT2D eigenvalue weighted by Gasteiger charge is -2.24. The van der Waals surface area contributed by atoms with E-state index < -0.39 is 0 Å². The van der Waals surface area contributed by atoms with Gasteiger partial charge < -0.3 is 24.8 Å². The zero-order valence-electron chi connectivity index (χ0n) is 16.6. The van der Waals surface area contributed by atoms with Crippen molar-refractivity contribution in [3.63, 3.8) is 0 Å². The maximum absolute atomic E-state index is 5.62. The van der Waals surface area contributed by atoms with Crippen LogP contribution in [0.2, 0.25) is 0 Å². The van der Waals surface area contributed by atoms with Crippen molar-refractivity contribution in [2.45, 2.75) is 39.5 Å². The van der Waals surface area contributed by atoms with Gasteiger partial charge in [-0.05, 0) is 31.9 Å². The van der Waals surface area contributed by atoms with E-state index in [1.165, 1.54) is 5.56 Å². The Bertz CT molecular complexity index is 525. The van der Waals surface area contributed by atoms with Gasteiger partial charge in [-0.1, -0.05) is 24.3 Å². The van der Waals surface area contributed by atoms with E-state index >= 15 is 0 Å². The number of aliphatic imine (C=N–C) groups is 1. The first-order valence-corrected chi connectivity index (χ1v) is 8.73. The summed E-state index contributed by atoms with van der Waals surface area (Å²) in [5, 5.41) is 6.59. The summed E-state index contributed by atoms with van der Waals surface area (Å²) >= 11 is 0. The maximum Gasteiger partial charge on any atom is 0.191 e. The summed E-state index contributed by atoms with van der Waals surface area (Å²) in [6.45, 7) is 9.98. The molecule has 0 aliphatic rings. The van der Waals surface area contributed by atoms with Gasteiger partial charge >= 0.3 is 0 Å². The highest BCUT2D eigenvalue weighted by Crippen LogP contribution is 2.07. The molecule has 0 aliphatic carbocycles. The molecule has 0 saturated carbocycles. The Kier molecular flexibility index (Phi) is 13.7. The molecule has 0 amide bonds. The van der Waals surface area contributed by atoms with Gasteiger partial charge in [0.15, 0.2) is 5.96 Å². The lowest BCUT2D eigenvalue weighted by atomic mass is 10.1. The number of guanidine groups is 1. The van der Waals surface area contributed by atoms with Crippen LogP contribution in [0.5, 0.6) is 0 Å². The van der Waals surface area contributed by atoms with Gasteiger partial charge in [0.05, 0.1) is 25.4 Å². The molecule has 6 nitrogen and oxygen atoms in total. The van der Waals surface area contributed by atoms with Crippen molar-refractivity contribution in [3.05, 3.63) is 35.4 Å². The average Bonchev–Trinajstić information content (AvgIpc) is 2.62. The predicted molar refractivity (Wildman–Crippen MR) is 117 cm³/mol. The Labute approximate surface area is 175 Å². The van der Waals surface area contributed by atoms with E-state index in [2.05, 4.69) is 33.8 Å². The minimum absolute atomic E-state index is 0. The molecule has 0 radical (unpaired) electrons. The molecule has 0 spiro atoms. The molecule has 150 valence electrons. The number of rotatable bonds is 11. The van der Waals surface area contributed by atoms with Crippen molar-refractivity contribution in [2.24, 2.45) is 4.99 Å². The molecule has 0 saturated heterocycles. The third-order valence-corrected chi connectivity index (χ3v) is 3.75. The maximum atomic E-state index is 5.62. The van der Waals surface area contributed by atoms with Crippen LogP contribution in [0.4, 0.5) is 0 Å². The second kappa shape index (κ2) is 14.2. The van der Waals surface area contributed by atoms with Crippen molar-refractivity contribution < 1.29 is 14.2 Å². The number of ether oxygens (including phenoxy) is 3. The first-order chi connectivity index (χ1) is 12.0. The Morgan fingerprint density at radius 3 is 2.46 bits per heavy atom. The quantitative estimate of drug-likeness (QED) is 0.221. The van der Waals surface area contributed by atoms with E-state index in [-0.39, 0.29) is 29.6 Å². The summed E-state index contributed by atoms with van der Waals surface area (Å²) in [6, 6.07) is 8.34. The van der Waals surface area contributed by atoms with Crippen LogP contribution >= 0.6 is 24.0 Å². The number of halogens is 1. The number of benzene rings is 1. The zero-order chi connectivity index (χ0) is 18.5. The fraction of sp³-hybridized carbons (Fsp3) is 0.632. The molecular weight excluding hydrogens is 445 g/mol. The Morgan fingerprint density at radius 1 is 1.12 bits per heavy atom. The lowest BCUT2D eigenvalue weighted by Crippen LogP contribution is -2.45. The van der Waals surface area contributed by atoms with Crippen molar-refractivity contribution in [1.29, 1.82) is 0 Å². The first kappa shape index (κ1) is 25.1. The van der Waals surface area contributed by atoms with E-state index in [1.54, 1.807) is 14.2 Å². The smallest absolute Gasteiger partial charge is 0.191 e. The molecule has 0 atom stereocenters. The van der Waals surface area contributed by atoms with E-state index in [0.717, 1.165) is 18.1 Å². The summed E-state index contributed by atoms with van der Waals surface area (Å²) < 4.78 is 16.3. The molecule has 0 aliphatic heterocycles.